The standard InChI is InChI=1S/C17H18FN3O4/c1-11-19-14(8-16(22)20-11)15-9-21(6-7-24-15)17(23)10-25-13-4-2-12(18)3-5-13/h2-5,8,15H,6-7,9-10H2,1H3,(H,19,20,22). The Kier molecular flexibility index (Phi) is 5.08. The number of hydrogen-bond acceptors (Lipinski definition) is 5. The second-order valence-corrected chi connectivity index (χ2v) is 5.70. The molecule has 25 heavy (non-hydrogen) atoms. The number of nitrogens with one attached hydrogen (secondary N) is 1. The number of benzene rings is 1. The predicted octanol–water partition coefficient (Wildman–Crippen LogP) is 1.20. The Labute approximate surface area is 143 Å². The van der Waals surface area contributed by atoms with Crippen LogP contribution in [0.3, 0.4) is 0 Å². The molecule has 132 valence electrons. The fourth-order valence-electron chi connectivity index (χ4n) is 2.59. The van der Waals surface area contributed by atoms with Crippen LogP contribution < -0.4 is 10.3 Å². The number of morpholine rings is 1. The number of rotatable bonds is 4. The summed E-state index contributed by atoms with van der Waals surface area (Å²) in [5, 5.41) is 0. The van der Waals surface area contributed by atoms with E-state index in [-0.39, 0.29) is 23.9 Å². The summed E-state index contributed by atoms with van der Waals surface area (Å²) in [5.74, 6) is 0.343. The fourth-order valence-corrected chi connectivity index (χ4v) is 2.59. The Morgan fingerprint density at radius 2 is 2.20 bits per heavy atom. The second-order valence-electron chi connectivity index (χ2n) is 5.70. The predicted molar refractivity (Wildman–Crippen MR) is 86.8 cm³/mol. The molecule has 7 nitrogen and oxygen atoms in total. The van der Waals surface area contributed by atoms with Gasteiger partial charge in [0, 0.05) is 12.6 Å². The molecule has 1 aliphatic heterocycles. The van der Waals surface area contributed by atoms with E-state index in [1.807, 2.05) is 0 Å². The summed E-state index contributed by atoms with van der Waals surface area (Å²) in [4.78, 5) is 32.4. The zero-order valence-corrected chi connectivity index (χ0v) is 13.7. The van der Waals surface area contributed by atoms with E-state index in [0.717, 1.165) is 0 Å². The normalized spacial score (nSPS) is 17.4. The molecule has 0 radical (unpaired) electrons. The van der Waals surface area contributed by atoms with Crippen molar-refractivity contribution in [2.24, 2.45) is 0 Å². The molecule has 0 bridgehead atoms. The number of nitrogens with zero attached hydrogens (tertiary/aromatic N) is 2. The smallest absolute Gasteiger partial charge is 0.260 e. The third-order valence-corrected chi connectivity index (χ3v) is 3.80. The Morgan fingerprint density at radius 3 is 2.92 bits per heavy atom. The maximum Gasteiger partial charge on any atom is 0.260 e. The highest BCUT2D eigenvalue weighted by molar-refractivity contribution is 5.77. The number of hydrogen-bond donors (Lipinski definition) is 1. The van der Waals surface area contributed by atoms with E-state index >= 15 is 0 Å². The number of ether oxygens (including phenoxy) is 2. The van der Waals surface area contributed by atoms with Gasteiger partial charge in [-0.1, -0.05) is 0 Å². The molecule has 1 fully saturated rings. The van der Waals surface area contributed by atoms with Gasteiger partial charge in [-0.25, -0.2) is 9.37 Å². The first kappa shape index (κ1) is 17.1. The van der Waals surface area contributed by atoms with Gasteiger partial charge in [-0.2, -0.15) is 0 Å². The first-order valence-electron chi connectivity index (χ1n) is 7.87. The summed E-state index contributed by atoms with van der Waals surface area (Å²) in [6.07, 6.45) is -0.454. The van der Waals surface area contributed by atoms with Crippen LogP contribution in [0.2, 0.25) is 0 Å². The summed E-state index contributed by atoms with van der Waals surface area (Å²) < 4.78 is 23.9. The molecular weight excluding hydrogens is 329 g/mol. The molecule has 1 amide bonds. The van der Waals surface area contributed by atoms with Crippen molar-refractivity contribution in [3.8, 4) is 5.75 Å². The van der Waals surface area contributed by atoms with E-state index in [1.54, 1.807) is 11.8 Å². The Hall–Kier alpha value is -2.74. The molecule has 1 N–H and O–H groups in total. The summed E-state index contributed by atoms with van der Waals surface area (Å²) in [7, 11) is 0. The van der Waals surface area contributed by atoms with Crippen LogP contribution in [-0.4, -0.2) is 47.1 Å². The van der Waals surface area contributed by atoms with Crippen LogP contribution in [0.15, 0.2) is 35.1 Å². The third kappa shape index (κ3) is 4.42. The molecule has 1 saturated heterocycles. The lowest BCUT2D eigenvalue weighted by molar-refractivity contribution is -0.141. The zero-order chi connectivity index (χ0) is 17.8. The highest BCUT2D eigenvalue weighted by atomic mass is 19.1. The molecule has 1 aromatic carbocycles. The van der Waals surface area contributed by atoms with E-state index in [1.165, 1.54) is 30.3 Å². The fraction of sp³-hybridized carbons (Fsp3) is 0.353. The topological polar surface area (TPSA) is 84.5 Å². The minimum absolute atomic E-state index is 0.153. The summed E-state index contributed by atoms with van der Waals surface area (Å²) in [6, 6.07) is 6.85. The Bertz CT molecular complexity index is 806. The van der Waals surface area contributed by atoms with Gasteiger partial charge in [-0.3, -0.25) is 9.59 Å². The van der Waals surface area contributed by atoms with Crippen molar-refractivity contribution >= 4 is 5.91 Å². The van der Waals surface area contributed by atoms with E-state index < -0.39 is 6.10 Å². The van der Waals surface area contributed by atoms with Gasteiger partial charge in [-0.15, -0.1) is 0 Å². The van der Waals surface area contributed by atoms with Crippen LogP contribution in [0.1, 0.15) is 17.6 Å². The molecule has 1 aliphatic rings. The molecule has 3 rings (SSSR count). The molecule has 2 heterocycles. The first-order chi connectivity index (χ1) is 12.0. The summed E-state index contributed by atoms with van der Waals surface area (Å²) in [5.41, 5.74) is 0.243. The van der Waals surface area contributed by atoms with Crippen molar-refractivity contribution in [1.29, 1.82) is 0 Å². The molecular formula is C17H18FN3O4. The maximum absolute atomic E-state index is 12.9. The van der Waals surface area contributed by atoms with Gasteiger partial charge in [-0.05, 0) is 31.2 Å². The van der Waals surface area contributed by atoms with E-state index in [0.29, 0.717) is 37.0 Å². The third-order valence-electron chi connectivity index (χ3n) is 3.80. The average Bonchev–Trinajstić information content (AvgIpc) is 2.60. The number of aromatic amines is 1. The lowest BCUT2D eigenvalue weighted by Crippen LogP contribution is -2.44. The molecule has 0 saturated carbocycles. The number of aryl methyl sites for hydroxylation is 1. The Morgan fingerprint density at radius 1 is 1.44 bits per heavy atom. The maximum atomic E-state index is 12.9. The van der Waals surface area contributed by atoms with E-state index in [4.69, 9.17) is 9.47 Å². The monoisotopic (exact) mass is 347 g/mol. The van der Waals surface area contributed by atoms with E-state index in [2.05, 4.69) is 9.97 Å². The van der Waals surface area contributed by atoms with Gasteiger partial charge >= 0.3 is 0 Å². The second kappa shape index (κ2) is 7.43. The van der Waals surface area contributed by atoms with Gasteiger partial charge in [0.05, 0.1) is 18.8 Å². The van der Waals surface area contributed by atoms with Crippen LogP contribution in [0, 0.1) is 12.7 Å². The SMILES string of the molecule is Cc1nc(C2CN(C(=O)COc3ccc(F)cc3)CCO2)cc(=O)[nH]1. The zero-order valence-electron chi connectivity index (χ0n) is 13.7. The minimum atomic E-state index is -0.454. The Balaban J connectivity index is 1.61. The van der Waals surface area contributed by atoms with Crippen molar-refractivity contribution < 1.29 is 18.7 Å². The molecule has 8 heteroatoms. The minimum Gasteiger partial charge on any atom is -0.484 e. The quantitative estimate of drug-likeness (QED) is 0.898. The summed E-state index contributed by atoms with van der Waals surface area (Å²) in [6.45, 7) is 2.61. The molecule has 0 spiro atoms. The molecule has 2 aromatic rings. The lowest BCUT2D eigenvalue weighted by Gasteiger charge is -2.32. The van der Waals surface area contributed by atoms with Crippen molar-refractivity contribution in [3.63, 3.8) is 0 Å². The molecule has 1 atom stereocenters. The van der Waals surface area contributed by atoms with Crippen molar-refractivity contribution in [2.45, 2.75) is 13.0 Å². The van der Waals surface area contributed by atoms with Crippen molar-refractivity contribution in [1.82, 2.24) is 14.9 Å². The van der Waals surface area contributed by atoms with Crippen LogP contribution in [0.5, 0.6) is 5.75 Å². The number of carbonyl (C=O) groups excluding carboxylic acids is 1. The van der Waals surface area contributed by atoms with Gasteiger partial charge in [0.25, 0.3) is 11.5 Å². The number of aromatic nitrogens is 2. The lowest BCUT2D eigenvalue weighted by atomic mass is 10.2. The van der Waals surface area contributed by atoms with Gasteiger partial charge in [0.2, 0.25) is 0 Å². The molecule has 0 aliphatic carbocycles. The van der Waals surface area contributed by atoms with Crippen molar-refractivity contribution in [2.75, 3.05) is 26.3 Å². The first-order valence-corrected chi connectivity index (χ1v) is 7.87. The van der Waals surface area contributed by atoms with Crippen LogP contribution in [0.25, 0.3) is 0 Å². The highest BCUT2D eigenvalue weighted by Gasteiger charge is 2.27. The number of halogens is 1. The molecule has 1 unspecified atom stereocenters. The van der Waals surface area contributed by atoms with Gasteiger partial charge < -0.3 is 19.4 Å². The highest BCUT2D eigenvalue weighted by Crippen LogP contribution is 2.20. The number of H-pyrrole nitrogens is 1. The number of amides is 1. The van der Waals surface area contributed by atoms with Crippen LogP contribution >= 0.6 is 0 Å². The van der Waals surface area contributed by atoms with Crippen LogP contribution in [-0.2, 0) is 9.53 Å². The van der Waals surface area contributed by atoms with Gasteiger partial charge in [0.15, 0.2) is 6.61 Å². The molecule has 1 aromatic heterocycles. The van der Waals surface area contributed by atoms with E-state index in [9.17, 15) is 14.0 Å². The largest absolute Gasteiger partial charge is 0.484 e. The number of carbonyl (C=O) groups is 1. The van der Waals surface area contributed by atoms with Gasteiger partial charge in [0.1, 0.15) is 23.5 Å². The van der Waals surface area contributed by atoms with Crippen LogP contribution in [0.4, 0.5) is 4.39 Å². The van der Waals surface area contributed by atoms with Crippen molar-refractivity contribution in [3.05, 3.63) is 58.0 Å². The average molecular weight is 347 g/mol. The summed E-state index contributed by atoms with van der Waals surface area (Å²) >= 11 is 0.